The van der Waals surface area contributed by atoms with Gasteiger partial charge in [0.05, 0.1) is 26.5 Å². The SMILES string of the molecule is C=CC(O)N[C@@H]1CCCC[C@@H]1Nc1ncc2c(n1)N(C)C(=O)N(c1c(Cl)c(OC)cc(OC)c1Cl)C2. The van der Waals surface area contributed by atoms with Crippen molar-refractivity contribution >= 4 is 46.7 Å². The van der Waals surface area contributed by atoms with E-state index in [-0.39, 0.29) is 40.4 Å². The summed E-state index contributed by atoms with van der Waals surface area (Å²) in [7, 11) is 4.59. The number of carbonyl (C=O) groups excluding carboxylic acids is 1. The lowest BCUT2D eigenvalue weighted by Crippen LogP contribution is -2.50. The van der Waals surface area contributed by atoms with Crippen molar-refractivity contribution in [2.24, 2.45) is 0 Å². The average Bonchev–Trinajstić information content (AvgIpc) is 2.88. The van der Waals surface area contributed by atoms with Crippen LogP contribution in [-0.2, 0) is 6.54 Å². The highest BCUT2D eigenvalue weighted by molar-refractivity contribution is 6.42. The Morgan fingerprint density at radius 1 is 1.19 bits per heavy atom. The average molecular weight is 537 g/mol. The fourth-order valence-electron chi connectivity index (χ4n) is 4.62. The van der Waals surface area contributed by atoms with Crippen LogP contribution >= 0.6 is 23.2 Å². The molecule has 3 atom stereocenters. The van der Waals surface area contributed by atoms with Crippen molar-refractivity contribution in [3.63, 3.8) is 0 Å². The summed E-state index contributed by atoms with van der Waals surface area (Å²) in [5.74, 6) is 1.57. The first kappa shape index (κ1) is 26.3. The lowest BCUT2D eigenvalue weighted by atomic mass is 9.90. The Kier molecular flexibility index (Phi) is 8.09. The summed E-state index contributed by atoms with van der Waals surface area (Å²) >= 11 is 13.1. The van der Waals surface area contributed by atoms with Gasteiger partial charge in [0, 0.05) is 37.0 Å². The minimum Gasteiger partial charge on any atom is -0.495 e. The first-order chi connectivity index (χ1) is 17.3. The summed E-state index contributed by atoms with van der Waals surface area (Å²) in [4.78, 5) is 25.5. The molecule has 4 rings (SSSR count). The molecule has 0 radical (unpaired) electrons. The van der Waals surface area contributed by atoms with Crippen molar-refractivity contribution in [3.8, 4) is 11.5 Å². The van der Waals surface area contributed by atoms with Gasteiger partial charge >= 0.3 is 6.03 Å². The highest BCUT2D eigenvalue weighted by Crippen LogP contribution is 2.47. The zero-order chi connectivity index (χ0) is 26.0. The third-order valence-electron chi connectivity index (χ3n) is 6.51. The number of hydrogen-bond acceptors (Lipinski definition) is 8. The van der Waals surface area contributed by atoms with Crippen LogP contribution in [0.5, 0.6) is 11.5 Å². The van der Waals surface area contributed by atoms with E-state index in [9.17, 15) is 9.90 Å². The number of rotatable bonds is 8. The third-order valence-corrected chi connectivity index (χ3v) is 7.25. The number of carbonyl (C=O) groups is 1. The highest BCUT2D eigenvalue weighted by atomic mass is 35.5. The number of aromatic nitrogens is 2. The number of urea groups is 1. The van der Waals surface area contributed by atoms with Gasteiger partial charge < -0.3 is 19.9 Å². The van der Waals surface area contributed by atoms with Crippen LogP contribution in [-0.4, -0.2) is 60.7 Å². The fraction of sp³-hybridized carbons (Fsp3) is 0.458. The van der Waals surface area contributed by atoms with Crippen LogP contribution in [0.25, 0.3) is 0 Å². The summed E-state index contributed by atoms with van der Waals surface area (Å²) in [6, 6.07) is 1.27. The largest absolute Gasteiger partial charge is 0.495 e. The molecule has 2 amide bonds. The molecule has 194 valence electrons. The van der Waals surface area contributed by atoms with Crippen LogP contribution < -0.4 is 29.9 Å². The van der Waals surface area contributed by atoms with Crippen molar-refractivity contribution in [1.82, 2.24) is 15.3 Å². The van der Waals surface area contributed by atoms with E-state index in [4.69, 9.17) is 32.7 Å². The van der Waals surface area contributed by atoms with E-state index >= 15 is 0 Å². The lowest BCUT2D eigenvalue weighted by molar-refractivity contribution is 0.151. The molecular formula is C24H30Cl2N6O4. The van der Waals surface area contributed by atoms with E-state index in [2.05, 4.69) is 27.2 Å². The number of aliphatic hydroxyl groups excluding tert-OH is 1. The molecule has 1 aromatic carbocycles. The van der Waals surface area contributed by atoms with E-state index in [1.54, 1.807) is 19.3 Å². The number of methoxy groups -OCH3 is 2. The second-order valence-corrected chi connectivity index (χ2v) is 9.47. The number of anilines is 3. The highest BCUT2D eigenvalue weighted by Gasteiger charge is 2.35. The van der Waals surface area contributed by atoms with Gasteiger partial charge in [0.25, 0.3) is 0 Å². The fourth-order valence-corrected chi connectivity index (χ4v) is 5.32. The molecule has 1 aliphatic carbocycles. The van der Waals surface area contributed by atoms with Gasteiger partial charge in [-0.15, -0.1) is 0 Å². The van der Waals surface area contributed by atoms with Crippen LogP contribution in [0.15, 0.2) is 24.9 Å². The maximum absolute atomic E-state index is 13.4. The molecule has 1 unspecified atom stereocenters. The van der Waals surface area contributed by atoms with Gasteiger partial charge in [0.2, 0.25) is 5.95 Å². The minimum absolute atomic E-state index is 0.0226. The third kappa shape index (κ3) is 5.04. The van der Waals surface area contributed by atoms with Crippen molar-refractivity contribution in [1.29, 1.82) is 0 Å². The van der Waals surface area contributed by atoms with Gasteiger partial charge in [0.15, 0.2) is 0 Å². The Bertz CT molecular complexity index is 1120. The predicted molar refractivity (Wildman–Crippen MR) is 141 cm³/mol. The molecule has 1 saturated carbocycles. The number of amides is 2. The zero-order valence-electron chi connectivity index (χ0n) is 20.4. The van der Waals surface area contributed by atoms with E-state index < -0.39 is 6.23 Å². The van der Waals surface area contributed by atoms with Gasteiger partial charge in [-0.2, -0.15) is 4.98 Å². The smallest absolute Gasteiger partial charge is 0.330 e. The molecule has 2 heterocycles. The number of nitrogens with zero attached hydrogens (tertiary/aromatic N) is 4. The standard InChI is InChI=1S/C24H30Cl2N6O4/c1-5-18(33)28-14-8-6-7-9-15(14)29-23-27-11-13-12-32(24(34)31(2)22(13)30-23)21-19(25)16(35-3)10-17(36-4)20(21)26/h5,10-11,14-15,18,28,33H,1,6-9,12H2,2-4H3,(H,27,29,30)/t14-,15+,18?/m1/s1. The van der Waals surface area contributed by atoms with Crippen molar-refractivity contribution < 1.29 is 19.4 Å². The maximum atomic E-state index is 13.4. The number of fused-ring (bicyclic) bond motifs is 1. The lowest BCUT2D eigenvalue weighted by Gasteiger charge is -2.36. The first-order valence-electron chi connectivity index (χ1n) is 11.6. The normalized spacial score (nSPS) is 20.6. The molecule has 3 N–H and O–H groups in total. The quantitative estimate of drug-likeness (QED) is 0.340. The molecule has 2 aromatic rings. The van der Waals surface area contributed by atoms with Gasteiger partial charge in [-0.3, -0.25) is 15.1 Å². The number of aliphatic hydroxyl groups is 1. The number of benzene rings is 1. The number of ether oxygens (including phenoxy) is 2. The molecule has 10 nitrogen and oxygen atoms in total. The molecule has 1 aliphatic heterocycles. The molecule has 1 fully saturated rings. The molecule has 2 aliphatic rings. The van der Waals surface area contributed by atoms with E-state index in [1.165, 1.54) is 30.1 Å². The topological polar surface area (TPSA) is 112 Å². The van der Waals surface area contributed by atoms with Gasteiger partial charge in [0.1, 0.15) is 33.6 Å². The van der Waals surface area contributed by atoms with Crippen LogP contribution in [0.1, 0.15) is 31.2 Å². The summed E-state index contributed by atoms with van der Waals surface area (Å²) in [5.41, 5.74) is 1.01. The monoisotopic (exact) mass is 536 g/mol. The van der Waals surface area contributed by atoms with E-state index in [0.29, 0.717) is 23.3 Å². The number of nitrogens with one attached hydrogen (secondary N) is 2. The summed E-state index contributed by atoms with van der Waals surface area (Å²) in [5, 5.41) is 16.9. The molecule has 0 saturated heterocycles. The molecule has 1 aromatic heterocycles. The zero-order valence-corrected chi connectivity index (χ0v) is 21.9. The Morgan fingerprint density at radius 3 is 2.44 bits per heavy atom. The van der Waals surface area contributed by atoms with Crippen LogP contribution in [0.4, 0.5) is 22.2 Å². The number of hydrogen-bond donors (Lipinski definition) is 3. The van der Waals surface area contributed by atoms with Crippen LogP contribution in [0.2, 0.25) is 10.0 Å². The summed E-state index contributed by atoms with van der Waals surface area (Å²) in [6.07, 6.45) is 6.30. The molecule has 36 heavy (non-hydrogen) atoms. The molecular weight excluding hydrogens is 507 g/mol. The van der Waals surface area contributed by atoms with Crippen LogP contribution in [0, 0.1) is 0 Å². The molecule has 12 heteroatoms. The Morgan fingerprint density at radius 2 is 1.83 bits per heavy atom. The second kappa shape index (κ2) is 11.1. The Labute approximate surface area is 220 Å². The Balaban J connectivity index is 1.62. The molecule has 0 bridgehead atoms. The van der Waals surface area contributed by atoms with Gasteiger partial charge in [-0.25, -0.2) is 9.78 Å². The van der Waals surface area contributed by atoms with Gasteiger partial charge in [-0.1, -0.05) is 42.6 Å². The Hall–Kier alpha value is -2.79. The summed E-state index contributed by atoms with van der Waals surface area (Å²) < 4.78 is 10.7. The van der Waals surface area contributed by atoms with Crippen molar-refractivity contribution in [2.45, 2.75) is 50.5 Å². The van der Waals surface area contributed by atoms with Gasteiger partial charge in [-0.05, 0) is 18.9 Å². The molecule has 0 spiro atoms. The minimum atomic E-state index is -0.787. The maximum Gasteiger partial charge on any atom is 0.330 e. The van der Waals surface area contributed by atoms with Crippen molar-refractivity contribution in [3.05, 3.63) is 40.5 Å². The van der Waals surface area contributed by atoms with E-state index in [0.717, 1.165) is 31.2 Å². The van der Waals surface area contributed by atoms with Crippen molar-refractivity contribution in [2.75, 3.05) is 36.4 Å². The van der Waals surface area contributed by atoms with Crippen LogP contribution in [0.3, 0.4) is 0 Å². The number of halogens is 2. The first-order valence-corrected chi connectivity index (χ1v) is 12.4. The predicted octanol–water partition coefficient (Wildman–Crippen LogP) is 4.19. The van der Waals surface area contributed by atoms with E-state index in [1.807, 2.05) is 0 Å². The second-order valence-electron chi connectivity index (χ2n) is 8.72. The summed E-state index contributed by atoms with van der Waals surface area (Å²) in [6.45, 7) is 3.79.